The third-order valence-electron chi connectivity index (χ3n) is 3.76. The molecule has 0 unspecified atom stereocenters. The maximum absolute atomic E-state index is 13.9. The van der Waals surface area contributed by atoms with Crippen molar-refractivity contribution in [3.63, 3.8) is 0 Å². The summed E-state index contributed by atoms with van der Waals surface area (Å²) in [4.78, 5) is 17.9. The third kappa shape index (κ3) is 2.51. The maximum atomic E-state index is 13.9. The number of hydrogen-bond acceptors (Lipinski definition) is 4. The molecular weight excluding hydrogens is 291 g/mol. The molecule has 2 aromatic rings. The Balaban J connectivity index is 1.97. The average molecular weight is 306 g/mol. The second-order valence-corrected chi connectivity index (χ2v) is 5.84. The van der Waals surface area contributed by atoms with Crippen molar-refractivity contribution in [2.45, 2.75) is 26.3 Å². The molecule has 3 rings (SSSR count). The predicted molar refractivity (Wildman–Crippen MR) is 79.6 cm³/mol. The first-order valence-corrected chi connectivity index (χ1v) is 7.71. The van der Waals surface area contributed by atoms with Crippen LogP contribution in [0, 0.1) is 5.82 Å². The van der Waals surface area contributed by atoms with E-state index in [-0.39, 0.29) is 11.4 Å². The number of carboxylic acid groups (broad SMARTS) is 1. The van der Waals surface area contributed by atoms with E-state index >= 15 is 0 Å². The number of aromatic carboxylic acids is 1. The number of nitrogens with zero attached hydrogens (tertiary/aromatic N) is 2. The van der Waals surface area contributed by atoms with Gasteiger partial charge in [0.2, 0.25) is 0 Å². The predicted octanol–water partition coefficient (Wildman–Crippen LogP) is 3.11. The van der Waals surface area contributed by atoms with Gasteiger partial charge in [-0.2, -0.15) is 0 Å². The van der Waals surface area contributed by atoms with Crippen LogP contribution in [0.15, 0.2) is 17.5 Å². The zero-order valence-corrected chi connectivity index (χ0v) is 12.4. The highest BCUT2D eigenvalue weighted by molar-refractivity contribution is 7.13. The van der Waals surface area contributed by atoms with E-state index in [0.717, 1.165) is 17.2 Å². The summed E-state index contributed by atoms with van der Waals surface area (Å²) in [6.45, 7) is 3.09. The van der Waals surface area contributed by atoms with Crippen LogP contribution in [0.1, 0.15) is 34.1 Å². The lowest BCUT2D eigenvalue weighted by molar-refractivity contribution is 0.0695. The van der Waals surface area contributed by atoms with Crippen LogP contribution < -0.4 is 4.90 Å². The fraction of sp³-hybridized carbons (Fsp3) is 0.333. The minimum absolute atomic E-state index is 0.184. The number of halogens is 1. The average Bonchev–Trinajstić information content (AvgIpc) is 2.96. The summed E-state index contributed by atoms with van der Waals surface area (Å²) in [6, 6.07) is 2.59. The van der Waals surface area contributed by atoms with E-state index in [0.29, 0.717) is 30.6 Å². The van der Waals surface area contributed by atoms with E-state index < -0.39 is 5.97 Å². The summed E-state index contributed by atoms with van der Waals surface area (Å²) in [5.74, 6) is -1.33. The Bertz CT molecular complexity index is 699. The Hall–Kier alpha value is -1.95. The van der Waals surface area contributed by atoms with Crippen molar-refractivity contribution in [3.05, 3.63) is 45.7 Å². The molecular formula is C15H15FN2O2S. The van der Waals surface area contributed by atoms with E-state index in [1.807, 2.05) is 17.2 Å². The van der Waals surface area contributed by atoms with Crippen LogP contribution in [0.3, 0.4) is 0 Å². The summed E-state index contributed by atoms with van der Waals surface area (Å²) in [5.41, 5.74) is 2.31. The van der Waals surface area contributed by atoms with Gasteiger partial charge < -0.3 is 10.0 Å². The Morgan fingerprint density at radius 3 is 2.95 bits per heavy atom. The quantitative estimate of drug-likeness (QED) is 0.946. The number of aryl methyl sites for hydroxylation is 1. The molecule has 1 aliphatic heterocycles. The highest BCUT2D eigenvalue weighted by atomic mass is 32.1. The van der Waals surface area contributed by atoms with Crippen LogP contribution in [0.25, 0.3) is 0 Å². The van der Waals surface area contributed by atoms with Crippen LogP contribution in [0.4, 0.5) is 9.52 Å². The van der Waals surface area contributed by atoms with Gasteiger partial charge in [-0.05, 0) is 36.1 Å². The largest absolute Gasteiger partial charge is 0.478 e. The van der Waals surface area contributed by atoms with E-state index in [1.165, 1.54) is 12.1 Å². The monoisotopic (exact) mass is 306 g/mol. The lowest BCUT2D eigenvalue weighted by atomic mass is 9.94. The van der Waals surface area contributed by atoms with Gasteiger partial charge in [0.15, 0.2) is 5.13 Å². The first kappa shape index (κ1) is 14.0. The lowest BCUT2D eigenvalue weighted by Gasteiger charge is -2.29. The number of hydrogen-bond donors (Lipinski definition) is 1. The van der Waals surface area contributed by atoms with Crippen molar-refractivity contribution in [1.29, 1.82) is 0 Å². The Labute approximate surface area is 125 Å². The Morgan fingerprint density at radius 2 is 2.29 bits per heavy atom. The number of benzene rings is 1. The maximum Gasteiger partial charge on any atom is 0.336 e. The van der Waals surface area contributed by atoms with E-state index in [2.05, 4.69) is 4.98 Å². The van der Waals surface area contributed by atoms with E-state index in [9.17, 15) is 14.3 Å². The number of rotatable bonds is 3. The molecule has 2 heterocycles. The second-order valence-electron chi connectivity index (χ2n) is 5.00. The molecule has 0 aliphatic carbocycles. The van der Waals surface area contributed by atoms with Crippen molar-refractivity contribution in [2.75, 3.05) is 11.4 Å². The summed E-state index contributed by atoms with van der Waals surface area (Å²) >= 11 is 1.55. The van der Waals surface area contributed by atoms with Gasteiger partial charge in [-0.3, -0.25) is 0 Å². The number of aromatic nitrogens is 1. The molecule has 0 saturated heterocycles. The first-order chi connectivity index (χ1) is 10.1. The minimum atomic E-state index is -1.01. The molecule has 4 nitrogen and oxygen atoms in total. The van der Waals surface area contributed by atoms with Gasteiger partial charge in [-0.15, -0.1) is 11.3 Å². The Morgan fingerprint density at radius 1 is 1.48 bits per heavy atom. The van der Waals surface area contributed by atoms with Crippen molar-refractivity contribution in [2.24, 2.45) is 0 Å². The smallest absolute Gasteiger partial charge is 0.336 e. The second kappa shape index (κ2) is 5.44. The number of thiazole rings is 1. The Kier molecular flexibility index (Phi) is 3.63. The number of fused-ring (bicyclic) bond motifs is 1. The molecule has 0 saturated carbocycles. The highest BCUT2D eigenvalue weighted by Crippen LogP contribution is 2.30. The zero-order chi connectivity index (χ0) is 15.0. The number of carboxylic acids is 1. The minimum Gasteiger partial charge on any atom is -0.478 e. The summed E-state index contributed by atoms with van der Waals surface area (Å²) in [6.07, 6.45) is 1.37. The number of carbonyl (C=O) groups is 1. The lowest BCUT2D eigenvalue weighted by Crippen LogP contribution is -2.32. The van der Waals surface area contributed by atoms with Gasteiger partial charge in [0, 0.05) is 18.5 Å². The molecule has 0 radical (unpaired) electrons. The SMILES string of the molecule is CCc1csc(N2CCc3c(F)ccc(C(=O)O)c3C2)n1. The molecule has 0 spiro atoms. The van der Waals surface area contributed by atoms with Crippen molar-refractivity contribution >= 4 is 22.4 Å². The molecule has 0 atom stereocenters. The topological polar surface area (TPSA) is 53.4 Å². The van der Waals surface area contributed by atoms with E-state index in [4.69, 9.17) is 0 Å². The fourth-order valence-corrected chi connectivity index (χ4v) is 3.54. The summed E-state index contributed by atoms with van der Waals surface area (Å²) in [7, 11) is 0. The van der Waals surface area contributed by atoms with Gasteiger partial charge in [-0.25, -0.2) is 14.2 Å². The molecule has 21 heavy (non-hydrogen) atoms. The van der Waals surface area contributed by atoms with Gasteiger partial charge >= 0.3 is 5.97 Å². The van der Waals surface area contributed by atoms with Crippen LogP contribution in [0.5, 0.6) is 0 Å². The van der Waals surface area contributed by atoms with Crippen molar-refractivity contribution in [1.82, 2.24) is 4.98 Å². The van der Waals surface area contributed by atoms with Crippen LogP contribution in [-0.4, -0.2) is 22.6 Å². The standard InChI is InChI=1S/C15H15FN2O2S/c1-2-9-8-21-15(17-9)18-6-5-10-12(7-18)11(14(19)20)3-4-13(10)16/h3-4,8H,2,5-7H2,1H3,(H,19,20). The molecule has 0 amide bonds. The van der Waals surface area contributed by atoms with Crippen LogP contribution in [0.2, 0.25) is 0 Å². The van der Waals surface area contributed by atoms with Gasteiger partial charge in [0.25, 0.3) is 0 Å². The van der Waals surface area contributed by atoms with Gasteiger partial charge in [0.05, 0.1) is 11.3 Å². The van der Waals surface area contributed by atoms with Crippen molar-refractivity contribution in [3.8, 4) is 0 Å². The zero-order valence-electron chi connectivity index (χ0n) is 11.6. The van der Waals surface area contributed by atoms with Gasteiger partial charge in [0.1, 0.15) is 5.82 Å². The summed E-state index contributed by atoms with van der Waals surface area (Å²) < 4.78 is 13.9. The molecule has 0 bridgehead atoms. The third-order valence-corrected chi connectivity index (χ3v) is 4.71. The van der Waals surface area contributed by atoms with Crippen LogP contribution >= 0.6 is 11.3 Å². The molecule has 1 aromatic carbocycles. The molecule has 110 valence electrons. The molecule has 6 heteroatoms. The molecule has 1 N–H and O–H groups in total. The molecule has 1 aromatic heterocycles. The van der Waals surface area contributed by atoms with E-state index in [1.54, 1.807) is 11.3 Å². The van der Waals surface area contributed by atoms with Crippen LogP contribution in [-0.2, 0) is 19.4 Å². The van der Waals surface area contributed by atoms with Gasteiger partial charge in [-0.1, -0.05) is 6.92 Å². The molecule has 0 fully saturated rings. The fourth-order valence-electron chi connectivity index (χ4n) is 2.60. The first-order valence-electron chi connectivity index (χ1n) is 6.83. The highest BCUT2D eigenvalue weighted by Gasteiger charge is 2.25. The molecule has 1 aliphatic rings. The number of anilines is 1. The summed E-state index contributed by atoms with van der Waals surface area (Å²) in [5, 5.41) is 12.2. The normalized spacial score (nSPS) is 14.1. The van der Waals surface area contributed by atoms with Crippen molar-refractivity contribution < 1.29 is 14.3 Å².